The van der Waals surface area contributed by atoms with E-state index in [0.717, 1.165) is 0 Å². The van der Waals surface area contributed by atoms with E-state index in [4.69, 9.17) is 10.2 Å². The van der Waals surface area contributed by atoms with Crippen LogP contribution in [-0.4, -0.2) is 36.5 Å². The van der Waals surface area contributed by atoms with Crippen LogP contribution in [0.1, 0.15) is 36.0 Å². The Morgan fingerprint density at radius 3 is 1.95 bits per heavy atom. The molecule has 0 saturated carbocycles. The van der Waals surface area contributed by atoms with Gasteiger partial charge in [0.1, 0.15) is 4.90 Å². The number of sulfonamides is 1. The highest BCUT2D eigenvalue weighted by atomic mass is 32.2. The van der Waals surface area contributed by atoms with E-state index in [1.165, 1.54) is 12.1 Å². The van der Waals surface area contributed by atoms with Gasteiger partial charge in [0.05, 0.1) is 5.56 Å². The Morgan fingerprint density at radius 1 is 1.00 bits per heavy atom. The Hall–Kier alpha value is -2.42. The molecule has 1 aliphatic heterocycles. The zero-order valence-electron chi connectivity index (χ0n) is 11.5. The van der Waals surface area contributed by atoms with Crippen molar-refractivity contribution in [3.63, 3.8) is 0 Å². The van der Waals surface area contributed by atoms with Crippen LogP contribution in [0.3, 0.4) is 0 Å². The Labute approximate surface area is 126 Å². The molecule has 1 amide bonds. The summed E-state index contributed by atoms with van der Waals surface area (Å²) in [5, 5.41) is 16.3. The van der Waals surface area contributed by atoms with Gasteiger partial charge in [0.15, 0.2) is 0 Å². The number of amides is 1. The van der Waals surface area contributed by atoms with Gasteiger partial charge >= 0.3 is 11.9 Å². The number of carboxylic acids is 2. The normalized spacial score (nSPS) is 14.3. The Morgan fingerprint density at radius 2 is 1.50 bits per heavy atom. The maximum atomic E-state index is 11.1. The van der Waals surface area contributed by atoms with Crippen LogP contribution < -0.4 is 4.72 Å². The second-order valence-electron chi connectivity index (χ2n) is 4.43. The van der Waals surface area contributed by atoms with Gasteiger partial charge in [-0.1, -0.05) is 12.1 Å². The lowest BCUT2D eigenvalue weighted by atomic mass is 10.2. The lowest BCUT2D eigenvalue weighted by Gasteiger charge is -1.92. The van der Waals surface area contributed by atoms with E-state index in [1.807, 2.05) is 4.72 Å². The molecule has 1 aliphatic rings. The van der Waals surface area contributed by atoms with Gasteiger partial charge in [-0.25, -0.2) is 13.1 Å². The Balaban J connectivity index is 0.000000225. The summed E-state index contributed by atoms with van der Waals surface area (Å²) in [5.74, 6) is -2.29. The first-order chi connectivity index (χ1) is 10.2. The van der Waals surface area contributed by atoms with Crippen molar-refractivity contribution in [2.75, 3.05) is 0 Å². The number of rotatable bonds is 5. The van der Waals surface area contributed by atoms with Gasteiger partial charge in [-0.15, -0.1) is 0 Å². The van der Waals surface area contributed by atoms with Gasteiger partial charge in [0.25, 0.3) is 15.9 Å². The number of benzene rings is 1. The standard InChI is InChI=1S/C7H5NO3S.C6H10O4/c9-7-5-3-1-2-4-6(5)12(10,11)8-7;7-5(8)3-1-2-4-6(9)10/h1-4H,(H,8,9);1-4H2,(H,7,8)(H,9,10). The van der Waals surface area contributed by atoms with Crippen LogP contribution in [0, 0.1) is 0 Å². The molecule has 0 bridgehead atoms. The van der Waals surface area contributed by atoms with Crippen LogP contribution in [-0.2, 0) is 19.6 Å². The summed E-state index contributed by atoms with van der Waals surface area (Å²) < 4.78 is 24.2. The maximum absolute atomic E-state index is 11.1. The lowest BCUT2D eigenvalue weighted by molar-refractivity contribution is -0.139. The van der Waals surface area contributed by atoms with Crippen molar-refractivity contribution in [2.24, 2.45) is 0 Å². The van der Waals surface area contributed by atoms with Crippen LogP contribution >= 0.6 is 0 Å². The average Bonchev–Trinajstić information content (AvgIpc) is 2.66. The topological polar surface area (TPSA) is 138 Å². The average molecular weight is 329 g/mol. The van der Waals surface area contributed by atoms with Crippen molar-refractivity contribution in [2.45, 2.75) is 30.6 Å². The van der Waals surface area contributed by atoms with Crippen molar-refractivity contribution in [1.29, 1.82) is 0 Å². The predicted molar refractivity (Wildman–Crippen MR) is 74.8 cm³/mol. The Kier molecular flexibility index (Phi) is 6.05. The molecule has 0 fully saturated rings. The smallest absolute Gasteiger partial charge is 0.303 e. The molecule has 0 spiro atoms. The van der Waals surface area contributed by atoms with Crippen molar-refractivity contribution >= 4 is 27.9 Å². The molecule has 0 saturated heterocycles. The molecule has 2 rings (SSSR count). The number of hydrogen-bond acceptors (Lipinski definition) is 5. The summed E-state index contributed by atoms with van der Waals surface area (Å²) >= 11 is 0. The van der Waals surface area contributed by atoms with E-state index in [-0.39, 0.29) is 23.3 Å². The zero-order chi connectivity index (χ0) is 16.8. The summed E-state index contributed by atoms with van der Waals surface area (Å²) in [6, 6.07) is 6.09. The van der Waals surface area contributed by atoms with Crippen LogP contribution in [0.4, 0.5) is 0 Å². The minimum atomic E-state index is -3.55. The minimum Gasteiger partial charge on any atom is -0.481 e. The highest BCUT2D eigenvalue weighted by Crippen LogP contribution is 2.20. The van der Waals surface area contributed by atoms with E-state index in [1.54, 1.807) is 12.1 Å². The van der Waals surface area contributed by atoms with E-state index >= 15 is 0 Å². The number of carbonyl (C=O) groups excluding carboxylic acids is 1. The first-order valence-electron chi connectivity index (χ1n) is 6.34. The molecule has 0 aliphatic carbocycles. The molecule has 9 heteroatoms. The highest BCUT2D eigenvalue weighted by Gasteiger charge is 2.31. The van der Waals surface area contributed by atoms with Gasteiger partial charge in [0, 0.05) is 12.8 Å². The van der Waals surface area contributed by atoms with Gasteiger partial charge in [0.2, 0.25) is 0 Å². The molecule has 0 radical (unpaired) electrons. The van der Waals surface area contributed by atoms with Crippen molar-refractivity contribution in [1.82, 2.24) is 4.72 Å². The number of aliphatic carboxylic acids is 2. The maximum Gasteiger partial charge on any atom is 0.303 e. The van der Waals surface area contributed by atoms with Crippen molar-refractivity contribution < 1.29 is 33.0 Å². The van der Waals surface area contributed by atoms with Crippen LogP contribution in [0.15, 0.2) is 29.2 Å². The molecular weight excluding hydrogens is 314 g/mol. The summed E-state index contributed by atoms with van der Waals surface area (Å²) in [7, 11) is -3.55. The van der Waals surface area contributed by atoms with Gasteiger partial charge < -0.3 is 10.2 Å². The molecule has 8 nitrogen and oxygen atoms in total. The molecule has 0 unspecified atom stereocenters. The zero-order valence-corrected chi connectivity index (χ0v) is 12.3. The van der Waals surface area contributed by atoms with Gasteiger partial charge in [-0.05, 0) is 25.0 Å². The van der Waals surface area contributed by atoms with E-state index in [9.17, 15) is 22.8 Å². The van der Waals surface area contributed by atoms with Crippen LogP contribution in [0.25, 0.3) is 0 Å². The van der Waals surface area contributed by atoms with Crippen molar-refractivity contribution in [3.05, 3.63) is 29.8 Å². The van der Waals surface area contributed by atoms with Crippen LogP contribution in [0.2, 0.25) is 0 Å². The number of hydrogen-bond donors (Lipinski definition) is 3. The fourth-order valence-corrected chi connectivity index (χ4v) is 2.84. The Bertz CT molecular complexity index is 665. The fourth-order valence-electron chi connectivity index (χ4n) is 1.67. The number of carboxylic acid groups (broad SMARTS) is 2. The van der Waals surface area contributed by atoms with Crippen LogP contribution in [0.5, 0.6) is 0 Å². The number of nitrogens with one attached hydrogen (secondary N) is 1. The summed E-state index contributed by atoms with van der Waals surface area (Å²) in [6.45, 7) is 0. The van der Waals surface area contributed by atoms with E-state index < -0.39 is 27.9 Å². The first-order valence-corrected chi connectivity index (χ1v) is 7.82. The SMILES string of the molecule is O=C(O)CCCCC(=O)O.O=C1NS(=O)(=O)c2ccccc21. The molecular formula is C13H15NO7S. The molecule has 120 valence electrons. The summed E-state index contributed by atoms with van der Waals surface area (Å²) in [5.41, 5.74) is 0.220. The highest BCUT2D eigenvalue weighted by molar-refractivity contribution is 7.90. The van der Waals surface area contributed by atoms with Gasteiger partial charge in [-0.3, -0.25) is 14.4 Å². The third-order valence-electron chi connectivity index (χ3n) is 2.68. The number of unbranched alkanes of at least 4 members (excludes halogenated alkanes) is 1. The first kappa shape index (κ1) is 17.6. The van der Waals surface area contributed by atoms with Gasteiger partial charge in [-0.2, -0.15) is 0 Å². The third-order valence-corrected chi connectivity index (χ3v) is 4.07. The molecule has 1 aromatic rings. The quantitative estimate of drug-likeness (QED) is 0.680. The molecule has 22 heavy (non-hydrogen) atoms. The number of carbonyl (C=O) groups is 3. The molecule has 1 heterocycles. The second-order valence-corrected chi connectivity index (χ2v) is 6.08. The number of fused-ring (bicyclic) bond motifs is 1. The minimum absolute atomic E-state index is 0.0628. The molecule has 0 aromatic heterocycles. The molecule has 3 N–H and O–H groups in total. The predicted octanol–water partition coefficient (Wildman–Crippen LogP) is 0.835. The fraction of sp³-hybridized carbons (Fsp3) is 0.308. The largest absolute Gasteiger partial charge is 0.481 e. The molecule has 0 atom stereocenters. The summed E-state index contributed by atoms with van der Waals surface area (Å²) in [4.78, 5) is 30.8. The second kappa shape index (κ2) is 7.55. The van der Waals surface area contributed by atoms with E-state index in [0.29, 0.717) is 12.8 Å². The monoisotopic (exact) mass is 329 g/mol. The van der Waals surface area contributed by atoms with Crippen molar-refractivity contribution in [3.8, 4) is 0 Å². The summed E-state index contributed by atoms with van der Waals surface area (Å²) in [6.07, 6.45) is 1.02. The molecule has 1 aromatic carbocycles. The van der Waals surface area contributed by atoms with E-state index in [2.05, 4.69) is 0 Å². The lowest BCUT2D eigenvalue weighted by Crippen LogP contribution is -2.20. The third kappa shape index (κ3) is 5.17.